The maximum Gasteiger partial charge on any atom is 0.309 e. The molecule has 0 bridgehead atoms. The Kier molecular flexibility index (Phi) is 2.42. The lowest BCUT2D eigenvalue weighted by Crippen LogP contribution is -2.42. The zero-order valence-corrected chi connectivity index (χ0v) is 7.96. The third kappa shape index (κ3) is 2.48. The molecule has 0 heterocycles. The number of rotatable bonds is 1. The van der Waals surface area contributed by atoms with Gasteiger partial charge in [0.1, 0.15) is 5.60 Å². The molecule has 1 aliphatic rings. The van der Waals surface area contributed by atoms with E-state index in [9.17, 15) is 4.79 Å². The summed E-state index contributed by atoms with van der Waals surface area (Å²) in [6, 6.07) is 0.211. The lowest BCUT2D eigenvalue weighted by molar-refractivity contribution is -0.163. The second-order valence-electron chi connectivity index (χ2n) is 4.46. The van der Waals surface area contributed by atoms with Gasteiger partial charge in [0.2, 0.25) is 0 Å². The molecular weight excluding hydrogens is 154 g/mol. The predicted molar refractivity (Wildman–Crippen MR) is 46.5 cm³/mol. The molecule has 1 rings (SSSR count). The second-order valence-corrected chi connectivity index (χ2v) is 4.46. The molecule has 0 saturated heterocycles. The van der Waals surface area contributed by atoms with Crippen LogP contribution in [0.25, 0.3) is 0 Å². The third-order valence-corrected chi connectivity index (χ3v) is 1.91. The van der Waals surface area contributed by atoms with Gasteiger partial charge in [0.15, 0.2) is 0 Å². The summed E-state index contributed by atoms with van der Waals surface area (Å²) >= 11 is 0. The molecule has 2 N–H and O–H groups in total. The quantitative estimate of drug-likeness (QED) is 0.600. The number of hydrogen-bond donors (Lipinski definition) is 1. The van der Waals surface area contributed by atoms with Crippen molar-refractivity contribution in [1.82, 2.24) is 0 Å². The molecule has 0 aromatic rings. The fourth-order valence-corrected chi connectivity index (χ4v) is 1.24. The molecule has 1 aliphatic carbocycles. The van der Waals surface area contributed by atoms with Gasteiger partial charge in [0.05, 0.1) is 5.92 Å². The number of hydrogen-bond acceptors (Lipinski definition) is 3. The van der Waals surface area contributed by atoms with Crippen LogP contribution in [0.3, 0.4) is 0 Å². The van der Waals surface area contributed by atoms with E-state index in [2.05, 4.69) is 0 Å². The molecule has 1 fully saturated rings. The van der Waals surface area contributed by atoms with Crippen molar-refractivity contribution in [2.24, 2.45) is 11.7 Å². The van der Waals surface area contributed by atoms with Crippen LogP contribution in [0.5, 0.6) is 0 Å². The molecule has 12 heavy (non-hydrogen) atoms. The van der Waals surface area contributed by atoms with E-state index in [1.807, 2.05) is 20.8 Å². The fraction of sp³-hybridized carbons (Fsp3) is 0.889. The zero-order valence-electron chi connectivity index (χ0n) is 7.96. The van der Waals surface area contributed by atoms with Gasteiger partial charge < -0.3 is 10.5 Å². The van der Waals surface area contributed by atoms with Crippen molar-refractivity contribution in [3.05, 3.63) is 0 Å². The van der Waals surface area contributed by atoms with Gasteiger partial charge in [-0.25, -0.2) is 0 Å². The SMILES string of the molecule is CC(C)(C)OC(=O)C1CC(N)C1. The van der Waals surface area contributed by atoms with Crippen molar-refractivity contribution in [2.75, 3.05) is 0 Å². The van der Waals surface area contributed by atoms with Crippen LogP contribution in [0.15, 0.2) is 0 Å². The van der Waals surface area contributed by atoms with Crippen molar-refractivity contribution < 1.29 is 9.53 Å². The largest absolute Gasteiger partial charge is 0.460 e. The van der Waals surface area contributed by atoms with Gasteiger partial charge in [0, 0.05) is 6.04 Å². The van der Waals surface area contributed by atoms with E-state index < -0.39 is 0 Å². The molecule has 70 valence electrons. The van der Waals surface area contributed by atoms with E-state index in [0.29, 0.717) is 0 Å². The van der Waals surface area contributed by atoms with E-state index in [-0.39, 0.29) is 23.5 Å². The second kappa shape index (κ2) is 3.05. The molecule has 0 aromatic heterocycles. The first kappa shape index (κ1) is 9.52. The minimum atomic E-state index is -0.364. The molecule has 0 unspecified atom stereocenters. The van der Waals surface area contributed by atoms with Crippen molar-refractivity contribution >= 4 is 5.97 Å². The Morgan fingerprint density at radius 1 is 1.42 bits per heavy atom. The summed E-state index contributed by atoms with van der Waals surface area (Å²) in [5, 5.41) is 0. The molecule has 0 radical (unpaired) electrons. The van der Waals surface area contributed by atoms with Gasteiger partial charge in [-0.2, -0.15) is 0 Å². The average molecular weight is 171 g/mol. The van der Waals surface area contributed by atoms with Gasteiger partial charge in [-0.1, -0.05) is 0 Å². The summed E-state index contributed by atoms with van der Waals surface area (Å²) < 4.78 is 5.20. The van der Waals surface area contributed by atoms with Crippen LogP contribution in [-0.4, -0.2) is 17.6 Å². The highest BCUT2D eigenvalue weighted by Crippen LogP contribution is 2.28. The van der Waals surface area contributed by atoms with Gasteiger partial charge >= 0.3 is 5.97 Å². The monoisotopic (exact) mass is 171 g/mol. The first-order valence-corrected chi connectivity index (χ1v) is 4.37. The van der Waals surface area contributed by atoms with Crippen molar-refractivity contribution in [3.8, 4) is 0 Å². The lowest BCUT2D eigenvalue weighted by atomic mass is 9.81. The molecule has 0 spiro atoms. The maximum absolute atomic E-state index is 11.3. The number of ether oxygens (including phenoxy) is 1. The summed E-state index contributed by atoms with van der Waals surface area (Å²) in [6.07, 6.45) is 1.57. The Hall–Kier alpha value is -0.570. The standard InChI is InChI=1S/C9H17NO2/c1-9(2,3)12-8(11)6-4-7(10)5-6/h6-7H,4-5,10H2,1-3H3. The van der Waals surface area contributed by atoms with Gasteiger partial charge in [0.25, 0.3) is 0 Å². The maximum atomic E-state index is 11.3. The summed E-state index contributed by atoms with van der Waals surface area (Å²) in [6.45, 7) is 5.64. The molecule has 0 aromatic carbocycles. The Morgan fingerprint density at radius 2 is 1.92 bits per heavy atom. The van der Waals surface area contributed by atoms with E-state index in [0.717, 1.165) is 12.8 Å². The van der Waals surface area contributed by atoms with Crippen molar-refractivity contribution in [2.45, 2.75) is 45.3 Å². The fourth-order valence-electron chi connectivity index (χ4n) is 1.24. The Morgan fingerprint density at radius 3 is 2.25 bits per heavy atom. The van der Waals surface area contributed by atoms with Crippen molar-refractivity contribution in [1.29, 1.82) is 0 Å². The van der Waals surface area contributed by atoms with Crippen LogP contribution < -0.4 is 5.73 Å². The number of carbonyl (C=O) groups excluding carboxylic acids is 1. The molecule has 3 heteroatoms. The number of esters is 1. The first-order valence-electron chi connectivity index (χ1n) is 4.37. The van der Waals surface area contributed by atoms with Gasteiger partial charge in [-0.3, -0.25) is 4.79 Å². The van der Waals surface area contributed by atoms with E-state index in [1.54, 1.807) is 0 Å². The molecular formula is C9H17NO2. The van der Waals surface area contributed by atoms with Crippen LogP contribution in [0.1, 0.15) is 33.6 Å². The third-order valence-electron chi connectivity index (χ3n) is 1.91. The van der Waals surface area contributed by atoms with Crippen LogP contribution in [0.2, 0.25) is 0 Å². The van der Waals surface area contributed by atoms with E-state index in [4.69, 9.17) is 10.5 Å². The smallest absolute Gasteiger partial charge is 0.309 e. The zero-order chi connectivity index (χ0) is 9.35. The Balaban J connectivity index is 2.30. The molecule has 0 amide bonds. The summed E-state index contributed by atoms with van der Waals surface area (Å²) in [5.74, 6) is -0.0385. The number of nitrogens with two attached hydrogens (primary N) is 1. The van der Waals surface area contributed by atoms with Crippen LogP contribution in [0, 0.1) is 5.92 Å². The molecule has 3 nitrogen and oxygen atoms in total. The van der Waals surface area contributed by atoms with Gasteiger partial charge in [-0.05, 0) is 33.6 Å². The molecule has 0 aliphatic heterocycles. The highest BCUT2D eigenvalue weighted by Gasteiger charge is 2.34. The van der Waals surface area contributed by atoms with Gasteiger partial charge in [-0.15, -0.1) is 0 Å². The van der Waals surface area contributed by atoms with Crippen LogP contribution in [0.4, 0.5) is 0 Å². The summed E-state index contributed by atoms with van der Waals surface area (Å²) in [4.78, 5) is 11.3. The lowest BCUT2D eigenvalue weighted by Gasteiger charge is -2.32. The Bertz CT molecular complexity index is 177. The predicted octanol–water partition coefficient (Wildman–Crippen LogP) is 1.07. The van der Waals surface area contributed by atoms with Crippen LogP contribution in [-0.2, 0) is 9.53 Å². The highest BCUT2D eigenvalue weighted by atomic mass is 16.6. The molecule has 0 atom stereocenters. The number of carbonyl (C=O) groups is 1. The minimum Gasteiger partial charge on any atom is -0.460 e. The topological polar surface area (TPSA) is 52.3 Å². The molecule has 1 saturated carbocycles. The Labute approximate surface area is 73.3 Å². The minimum absolute atomic E-state index is 0.0548. The summed E-state index contributed by atoms with van der Waals surface area (Å²) in [7, 11) is 0. The normalized spacial score (nSPS) is 29.3. The summed E-state index contributed by atoms with van der Waals surface area (Å²) in [5.41, 5.74) is 5.20. The first-order chi connectivity index (χ1) is 5.38. The van der Waals surface area contributed by atoms with E-state index >= 15 is 0 Å². The van der Waals surface area contributed by atoms with E-state index in [1.165, 1.54) is 0 Å². The highest BCUT2D eigenvalue weighted by molar-refractivity contribution is 5.74. The average Bonchev–Trinajstić information content (AvgIpc) is 1.76. The van der Waals surface area contributed by atoms with Crippen molar-refractivity contribution in [3.63, 3.8) is 0 Å². The van der Waals surface area contributed by atoms with Crippen LogP contribution >= 0.6 is 0 Å².